The first kappa shape index (κ1) is 18.6. The quantitative estimate of drug-likeness (QED) is 0.673. The summed E-state index contributed by atoms with van der Waals surface area (Å²) in [6.07, 6.45) is 3.25. The fraction of sp³-hybridized carbons (Fsp3) is 0.353. The van der Waals surface area contributed by atoms with E-state index >= 15 is 0 Å². The molecule has 25 heavy (non-hydrogen) atoms. The second-order valence-corrected chi connectivity index (χ2v) is 10.3. The minimum atomic E-state index is -3.41. The van der Waals surface area contributed by atoms with Crippen molar-refractivity contribution in [3.8, 4) is 0 Å². The van der Waals surface area contributed by atoms with Crippen molar-refractivity contribution in [1.29, 1.82) is 0 Å². The highest BCUT2D eigenvalue weighted by atomic mass is 32.2. The molecule has 8 heteroatoms. The number of nitrogens with zero attached hydrogens (tertiary/aromatic N) is 2. The Bertz CT molecular complexity index is 818. The van der Waals surface area contributed by atoms with Gasteiger partial charge in [-0.2, -0.15) is 4.31 Å². The molecule has 1 saturated heterocycles. The number of pyridine rings is 1. The van der Waals surface area contributed by atoms with E-state index in [1.807, 2.05) is 30.3 Å². The lowest BCUT2D eigenvalue weighted by Gasteiger charge is -2.15. The Morgan fingerprint density at radius 1 is 1.08 bits per heavy atom. The van der Waals surface area contributed by atoms with Gasteiger partial charge in [-0.05, 0) is 37.1 Å². The van der Waals surface area contributed by atoms with Crippen LogP contribution in [0.1, 0.15) is 12.8 Å². The van der Waals surface area contributed by atoms with Crippen LogP contribution in [0.3, 0.4) is 0 Å². The molecule has 3 rings (SSSR count). The first-order valence-corrected chi connectivity index (χ1v) is 11.8. The molecular weight excluding hydrogens is 376 g/mol. The maximum atomic E-state index is 12.4. The predicted octanol–water partition coefficient (Wildman–Crippen LogP) is 2.77. The van der Waals surface area contributed by atoms with Gasteiger partial charge in [0.2, 0.25) is 10.0 Å². The van der Waals surface area contributed by atoms with Crippen molar-refractivity contribution in [2.24, 2.45) is 0 Å². The van der Waals surface area contributed by atoms with Gasteiger partial charge in [-0.1, -0.05) is 18.2 Å². The minimum Gasteiger partial charge on any atom is -0.254 e. The van der Waals surface area contributed by atoms with Gasteiger partial charge in [0.1, 0.15) is 4.90 Å². The zero-order chi connectivity index (χ0) is 17.7. The van der Waals surface area contributed by atoms with Crippen LogP contribution < -0.4 is 0 Å². The lowest BCUT2D eigenvalue weighted by molar-refractivity contribution is 0.477. The smallest absolute Gasteiger partial charge is 0.244 e. The van der Waals surface area contributed by atoms with Gasteiger partial charge in [-0.15, -0.1) is 11.8 Å². The minimum absolute atomic E-state index is 0.242. The summed E-state index contributed by atoms with van der Waals surface area (Å²) in [6.45, 7) is 1.17. The lowest BCUT2D eigenvalue weighted by Crippen LogP contribution is -2.27. The van der Waals surface area contributed by atoms with E-state index in [-0.39, 0.29) is 4.90 Å². The molecule has 1 aliphatic heterocycles. The number of thioether (sulfide) groups is 1. The summed E-state index contributed by atoms with van der Waals surface area (Å²) in [5, 5.41) is 0.741. The van der Waals surface area contributed by atoms with Crippen LogP contribution >= 0.6 is 11.8 Å². The van der Waals surface area contributed by atoms with E-state index in [2.05, 4.69) is 4.98 Å². The Balaban J connectivity index is 1.55. The van der Waals surface area contributed by atoms with Gasteiger partial charge in [0.25, 0.3) is 0 Å². The van der Waals surface area contributed by atoms with E-state index in [1.165, 1.54) is 22.3 Å². The Labute approximate surface area is 155 Å². The number of sulfonamides is 1. The summed E-state index contributed by atoms with van der Waals surface area (Å²) >= 11 is 1.48. The van der Waals surface area contributed by atoms with Crippen LogP contribution in [0, 0.1) is 0 Å². The molecule has 0 radical (unpaired) electrons. The van der Waals surface area contributed by atoms with E-state index < -0.39 is 20.8 Å². The molecule has 0 amide bonds. The van der Waals surface area contributed by atoms with Crippen LogP contribution in [-0.2, 0) is 20.8 Å². The predicted molar refractivity (Wildman–Crippen MR) is 101 cm³/mol. The molecule has 0 saturated carbocycles. The van der Waals surface area contributed by atoms with E-state index in [0.717, 1.165) is 22.8 Å². The fourth-order valence-electron chi connectivity index (χ4n) is 2.59. The average Bonchev–Trinajstić information content (AvgIpc) is 3.18. The number of hydrogen-bond donors (Lipinski definition) is 0. The standard InChI is InChI=1S/C17H20N2O3S3/c20-24(15-6-2-1-3-7-15)13-12-23-17-9-8-16(14-18-17)25(21,22)19-10-4-5-11-19/h1-3,6-9,14H,4-5,10-13H2/t24-/m0/s1. The van der Waals surface area contributed by atoms with Crippen LogP contribution in [0.2, 0.25) is 0 Å². The third-order valence-electron chi connectivity index (χ3n) is 3.94. The zero-order valence-electron chi connectivity index (χ0n) is 13.7. The highest BCUT2D eigenvalue weighted by Gasteiger charge is 2.27. The number of benzene rings is 1. The average molecular weight is 397 g/mol. The number of aromatic nitrogens is 1. The molecule has 1 atom stereocenters. The number of rotatable bonds is 7. The summed E-state index contributed by atoms with van der Waals surface area (Å²) in [5.41, 5.74) is 0. The fourth-order valence-corrected chi connectivity index (χ4v) is 6.19. The summed E-state index contributed by atoms with van der Waals surface area (Å²) in [5.74, 6) is 1.19. The van der Waals surface area contributed by atoms with Gasteiger partial charge in [-0.3, -0.25) is 4.21 Å². The van der Waals surface area contributed by atoms with Gasteiger partial charge in [-0.25, -0.2) is 13.4 Å². The van der Waals surface area contributed by atoms with Crippen molar-refractivity contribution < 1.29 is 12.6 Å². The van der Waals surface area contributed by atoms with Gasteiger partial charge < -0.3 is 0 Å². The van der Waals surface area contributed by atoms with Crippen molar-refractivity contribution in [2.45, 2.75) is 27.7 Å². The molecule has 1 aromatic heterocycles. The molecule has 0 spiro atoms. The van der Waals surface area contributed by atoms with Gasteiger partial charge in [0.15, 0.2) is 0 Å². The van der Waals surface area contributed by atoms with Crippen LogP contribution in [0.5, 0.6) is 0 Å². The maximum Gasteiger partial charge on any atom is 0.244 e. The molecular formula is C17H20N2O3S3. The highest BCUT2D eigenvalue weighted by Crippen LogP contribution is 2.22. The molecule has 0 bridgehead atoms. The molecule has 0 unspecified atom stereocenters. The summed E-state index contributed by atoms with van der Waals surface area (Å²) in [6, 6.07) is 12.7. The lowest BCUT2D eigenvalue weighted by atomic mass is 10.4. The molecule has 1 fully saturated rings. The Hall–Kier alpha value is -1.22. The topological polar surface area (TPSA) is 67.3 Å². The zero-order valence-corrected chi connectivity index (χ0v) is 16.2. The van der Waals surface area contributed by atoms with Crippen molar-refractivity contribution in [3.05, 3.63) is 48.7 Å². The van der Waals surface area contributed by atoms with Crippen LogP contribution in [-0.4, -0.2) is 46.5 Å². The third-order valence-corrected chi connectivity index (χ3v) is 8.40. The van der Waals surface area contributed by atoms with Crippen molar-refractivity contribution >= 4 is 32.6 Å². The van der Waals surface area contributed by atoms with Crippen molar-refractivity contribution in [3.63, 3.8) is 0 Å². The van der Waals surface area contributed by atoms with Crippen molar-refractivity contribution in [2.75, 3.05) is 24.6 Å². The maximum absolute atomic E-state index is 12.4. The molecule has 2 heterocycles. The van der Waals surface area contributed by atoms with E-state index in [0.29, 0.717) is 24.6 Å². The highest BCUT2D eigenvalue weighted by molar-refractivity contribution is 8.00. The van der Waals surface area contributed by atoms with Crippen LogP contribution in [0.4, 0.5) is 0 Å². The summed E-state index contributed by atoms with van der Waals surface area (Å²) < 4.78 is 38.6. The molecule has 0 aliphatic carbocycles. The summed E-state index contributed by atoms with van der Waals surface area (Å²) in [4.78, 5) is 5.31. The molecule has 1 aliphatic rings. The molecule has 0 N–H and O–H groups in total. The van der Waals surface area contributed by atoms with E-state index in [1.54, 1.807) is 12.1 Å². The molecule has 134 valence electrons. The van der Waals surface area contributed by atoms with Crippen LogP contribution in [0.25, 0.3) is 0 Å². The van der Waals surface area contributed by atoms with Gasteiger partial charge in [0.05, 0.1) is 15.8 Å². The van der Waals surface area contributed by atoms with Crippen LogP contribution in [0.15, 0.2) is 63.5 Å². The second kappa shape index (κ2) is 8.44. The van der Waals surface area contributed by atoms with E-state index in [4.69, 9.17) is 0 Å². The largest absolute Gasteiger partial charge is 0.254 e. The Morgan fingerprint density at radius 3 is 2.44 bits per heavy atom. The monoisotopic (exact) mass is 396 g/mol. The molecule has 5 nitrogen and oxygen atoms in total. The first-order chi connectivity index (χ1) is 12.1. The second-order valence-electron chi connectivity index (χ2n) is 5.65. The first-order valence-electron chi connectivity index (χ1n) is 8.10. The normalized spacial score (nSPS) is 16.8. The molecule has 2 aromatic rings. The Morgan fingerprint density at radius 2 is 1.80 bits per heavy atom. The summed E-state index contributed by atoms with van der Waals surface area (Å²) in [7, 11) is -4.44. The van der Waals surface area contributed by atoms with Crippen molar-refractivity contribution in [1.82, 2.24) is 9.29 Å². The van der Waals surface area contributed by atoms with Gasteiger partial charge in [0, 0.05) is 35.7 Å². The number of hydrogen-bond acceptors (Lipinski definition) is 5. The molecule has 1 aromatic carbocycles. The van der Waals surface area contributed by atoms with Gasteiger partial charge >= 0.3 is 0 Å². The third kappa shape index (κ3) is 4.69. The Kier molecular flexibility index (Phi) is 6.27. The SMILES string of the molecule is O=[S@@](CCSc1ccc(S(=O)(=O)N2CCCC2)cn1)c1ccccc1. The van der Waals surface area contributed by atoms with E-state index in [9.17, 15) is 12.6 Å².